The predicted molar refractivity (Wildman–Crippen MR) is 121 cm³/mol. The van der Waals surface area contributed by atoms with E-state index in [9.17, 15) is 0 Å². The maximum atomic E-state index is 5.95. The van der Waals surface area contributed by atoms with Crippen LogP contribution < -0.4 is 19.7 Å². The molecule has 0 amide bonds. The number of anilines is 2. The van der Waals surface area contributed by atoms with Crippen LogP contribution in [0, 0.1) is 0 Å². The Hall–Kier alpha value is -2.44. The van der Waals surface area contributed by atoms with Crippen molar-refractivity contribution in [3.63, 3.8) is 0 Å². The summed E-state index contributed by atoms with van der Waals surface area (Å²) in [5.41, 5.74) is 2.44. The fourth-order valence-electron chi connectivity index (χ4n) is 4.15. The quantitative estimate of drug-likeness (QED) is 0.615. The molecule has 0 bridgehead atoms. The van der Waals surface area contributed by atoms with E-state index in [1.807, 2.05) is 29.5 Å². The molecule has 0 atom stereocenters. The van der Waals surface area contributed by atoms with E-state index >= 15 is 0 Å². The molecule has 2 aliphatic rings. The Morgan fingerprint density at radius 3 is 2.93 bits per heavy atom. The lowest BCUT2D eigenvalue weighted by atomic mass is 10.2. The van der Waals surface area contributed by atoms with Gasteiger partial charge in [0.15, 0.2) is 0 Å². The Labute approximate surface area is 175 Å². The maximum absolute atomic E-state index is 5.95. The smallest absolute Gasteiger partial charge is 0.146 e. The molecule has 0 radical (unpaired) electrons. The van der Waals surface area contributed by atoms with Crippen LogP contribution in [0.4, 0.5) is 11.4 Å². The average Bonchev–Trinajstić information content (AvgIpc) is 3.26. The summed E-state index contributed by atoms with van der Waals surface area (Å²) in [7, 11) is 0. The number of hydrogen-bond donors (Lipinski definition) is 1. The van der Waals surface area contributed by atoms with Gasteiger partial charge in [-0.3, -0.25) is 4.90 Å². The van der Waals surface area contributed by atoms with Gasteiger partial charge in [0.1, 0.15) is 18.1 Å². The normalized spacial score (nSPS) is 16.9. The number of rotatable bonds is 6. The summed E-state index contributed by atoms with van der Waals surface area (Å²) >= 11 is 1.82. The van der Waals surface area contributed by atoms with Crippen LogP contribution in [0.2, 0.25) is 0 Å². The molecule has 0 spiro atoms. The molecule has 1 N–H and O–H groups in total. The van der Waals surface area contributed by atoms with Gasteiger partial charge < -0.3 is 19.7 Å². The number of fused-ring (bicyclic) bond motifs is 2. The number of thiophene rings is 1. The van der Waals surface area contributed by atoms with Gasteiger partial charge in [-0.05, 0) is 42.1 Å². The second-order valence-electron chi connectivity index (χ2n) is 7.57. The fourth-order valence-corrected chi connectivity index (χ4v) is 4.96. The molecule has 1 saturated heterocycles. The third-order valence-corrected chi connectivity index (χ3v) is 6.58. The van der Waals surface area contributed by atoms with Crippen LogP contribution in [-0.4, -0.2) is 57.4 Å². The van der Waals surface area contributed by atoms with Gasteiger partial charge in [-0.15, -0.1) is 11.3 Å². The van der Waals surface area contributed by atoms with Crippen molar-refractivity contribution in [2.75, 3.05) is 62.7 Å². The van der Waals surface area contributed by atoms with E-state index in [2.05, 4.69) is 44.8 Å². The number of nitrogens with zero attached hydrogens (tertiary/aromatic N) is 2. The third-order valence-electron chi connectivity index (χ3n) is 5.70. The summed E-state index contributed by atoms with van der Waals surface area (Å²) in [5.74, 6) is 1.78. The molecule has 2 aliphatic heterocycles. The van der Waals surface area contributed by atoms with Gasteiger partial charge in [0, 0.05) is 61.1 Å². The molecule has 0 saturated carbocycles. The third kappa shape index (κ3) is 4.14. The Kier molecular flexibility index (Phi) is 5.45. The van der Waals surface area contributed by atoms with Crippen molar-refractivity contribution in [1.82, 2.24) is 4.90 Å². The molecule has 1 fully saturated rings. The number of nitrogens with one attached hydrogen (secondary N) is 1. The Morgan fingerprint density at radius 2 is 2.00 bits per heavy atom. The largest absolute Gasteiger partial charge is 0.493 e. The molecule has 5 nitrogen and oxygen atoms in total. The van der Waals surface area contributed by atoms with Gasteiger partial charge in [0.25, 0.3) is 0 Å². The van der Waals surface area contributed by atoms with Gasteiger partial charge in [-0.2, -0.15) is 0 Å². The summed E-state index contributed by atoms with van der Waals surface area (Å²) in [6.07, 6.45) is 1.04. The maximum Gasteiger partial charge on any atom is 0.146 e. The molecule has 0 unspecified atom stereocenters. The van der Waals surface area contributed by atoms with Crippen LogP contribution >= 0.6 is 11.3 Å². The highest BCUT2D eigenvalue weighted by molar-refractivity contribution is 7.17. The highest BCUT2D eigenvalue weighted by Gasteiger charge is 2.18. The van der Waals surface area contributed by atoms with Crippen molar-refractivity contribution in [2.24, 2.45) is 0 Å². The molecule has 5 rings (SSSR count). The van der Waals surface area contributed by atoms with Crippen molar-refractivity contribution < 1.29 is 9.47 Å². The molecule has 2 aromatic carbocycles. The molecular formula is C23H27N3O2S. The van der Waals surface area contributed by atoms with E-state index in [0.29, 0.717) is 6.61 Å². The summed E-state index contributed by atoms with van der Waals surface area (Å²) in [6.45, 7) is 7.79. The lowest BCUT2D eigenvalue weighted by molar-refractivity contribution is 0.224. The zero-order chi connectivity index (χ0) is 19.5. The fraction of sp³-hybridized carbons (Fsp3) is 0.391. The highest BCUT2D eigenvalue weighted by atomic mass is 32.1. The minimum absolute atomic E-state index is 0.712. The summed E-state index contributed by atoms with van der Waals surface area (Å²) in [4.78, 5) is 5.08. The van der Waals surface area contributed by atoms with Crippen LogP contribution in [-0.2, 0) is 0 Å². The van der Waals surface area contributed by atoms with Gasteiger partial charge in [-0.25, -0.2) is 0 Å². The van der Waals surface area contributed by atoms with Crippen molar-refractivity contribution in [3.8, 4) is 11.5 Å². The van der Waals surface area contributed by atoms with Crippen LogP contribution in [0.25, 0.3) is 10.1 Å². The first-order valence-electron chi connectivity index (χ1n) is 10.4. The molecule has 29 heavy (non-hydrogen) atoms. The summed E-state index contributed by atoms with van der Waals surface area (Å²) in [5, 5.41) is 6.92. The first kappa shape index (κ1) is 18.6. The SMILES string of the molecule is c1cc(N2CCN(CCCOc3ccc4c(c3)OCCN4)CC2)c2ccsc2c1. The van der Waals surface area contributed by atoms with Crippen LogP contribution in [0.1, 0.15) is 6.42 Å². The molecule has 3 aromatic rings. The standard InChI is InChI=1S/C23H27N3O2S/c1-3-21(19-7-16-29-23(19)4-1)26-12-10-25(11-13-26)9-2-14-27-18-5-6-20-22(17-18)28-15-8-24-20/h1,3-7,16-17,24H,2,8-15H2. The second-order valence-corrected chi connectivity index (χ2v) is 8.52. The zero-order valence-electron chi connectivity index (χ0n) is 16.6. The average molecular weight is 410 g/mol. The van der Waals surface area contributed by atoms with Crippen LogP contribution in [0.15, 0.2) is 47.8 Å². The Balaban J connectivity index is 1.07. The Morgan fingerprint density at radius 1 is 1.07 bits per heavy atom. The first-order valence-corrected chi connectivity index (χ1v) is 11.3. The van der Waals surface area contributed by atoms with Crippen molar-refractivity contribution in [2.45, 2.75) is 6.42 Å². The number of piperazine rings is 1. The minimum Gasteiger partial charge on any atom is -0.493 e. The van der Waals surface area contributed by atoms with Gasteiger partial charge in [0.05, 0.1) is 12.3 Å². The second kappa shape index (κ2) is 8.51. The first-order chi connectivity index (χ1) is 14.4. The molecule has 152 valence electrons. The Bertz CT molecular complexity index is 966. The predicted octanol–water partition coefficient (Wildman–Crippen LogP) is 4.30. The monoisotopic (exact) mass is 409 g/mol. The number of benzene rings is 2. The highest BCUT2D eigenvalue weighted by Crippen LogP contribution is 2.32. The van der Waals surface area contributed by atoms with Gasteiger partial charge in [-0.1, -0.05) is 6.07 Å². The summed E-state index contributed by atoms with van der Waals surface area (Å²) in [6, 6.07) is 15.0. The van der Waals surface area contributed by atoms with E-state index in [1.54, 1.807) is 0 Å². The van der Waals surface area contributed by atoms with Crippen molar-refractivity contribution in [3.05, 3.63) is 47.8 Å². The minimum atomic E-state index is 0.712. The van der Waals surface area contributed by atoms with Crippen LogP contribution in [0.3, 0.4) is 0 Å². The lowest BCUT2D eigenvalue weighted by Crippen LogP contribution is -2.46. The lowest BCUT2D eigenvalue weighted by Gasteiger charge is -2.36. The van der Waals surface area contributed by atoms with Crippen molar-refractivity contribution >= 4 is 32.8 Å². The molecule has 0 aliphatic carbocycles. The van der Waals surface area contributed by atoms with Crippen molar-refractivity contribution in [1.29, 1.82) is 0 Å². The van der Waals surface area contributed by atoms with Gasteiger partial charge >= 0.3 is 0 Å². The van der Waals surface area contributed by atoms with E-state index < -0.39 is 0 Å². The molecular weight excluding hydrogens is 382 g/mol. The topological polar surface area (TPSA) is 37.0 Å². The molecule has 3 heterocycles. The molecule has 1 aromatic heterocycles. The number of ether oxygens (including phenoxy) is 2. The van der Waals surface area contributed by atoms with E-state index in [-0.39, 0.29) is 0 Å². The summed E-state index contributed by atoms with van der Waals surface area (Å²) < 4.78 is 13.0. The van der Waals surface area contributed by atoms with E-state index in [4.69, 9.17) is 9.47 Å². The molecule has 6 heteroatoms. The van der Waals surface area contributed by atoms with E-state index in [1.165, 1.54) is 15.8 Å². The van der Waals surface area contributed by atoms with Crippen LogP contribution in [0.5, 0.6) is 11.5 Å². The zero-order valence-corrected chi connectivity index (χ0v) is 17.4. The van der Waals surface area contributed by atoms with Gasteiger partial charge in [0.2, 0.25) is 0 Å². The van der Waals surface area contributed by atoms with E-state index in [0.717, 1.165) is 69.5 Å². The number of hydrogen-bond acceptors (Lipinski definition) is 6.